The molecule has 0 bridgehead atoms. The van der Waals surface area contributed by atoms with Gasteiger partial charge in [-0.25, -0.2) is 15.0 Å². The molecule has 3 aromatic heterocycles. The van der Waals surface area contributed by atoms with Crippen LogP contribution in [-0.4, -0.2) is 20.1 Å². The molecule has 0 fully saturated rings. The van der Waals surface area contributed by atoms with Gasteiger partial charge in [-0.1, -0.05) is 24.3 Å². The van der Waals surface area contributed by atoms with Gasteiger partial charge in [-0.15, -0.1) is 0 Å². The lowest BCUT2D eigenvalue weighted by atomic mass is 9.97. The summed E-state index contributed by atoms with van der Waals surface area (Å²) in [5.41, 5.74) is 5.08. The Kier molecular flexibility index (Phi) is 4.08. The van der Waals surface area contributed by atoms with E-state index < -0.39 is 5.60 Å². The van der Waals surface area contributed by atoms with Gasteiger partial charge in [0.15, 0.2) is 11.4 Å². The first kappa shape index (κ1) is 17.4. The SMILES string of the molecule is Cc1cc(C)c2c(n1)oc1c(NCc3ccc(C(C)(C)O)cc3)ncnc12. The number of fused-ring (bicyclic) bond motifs is 3. The zero-order valence-electron chi connectivity index (χ0n) is 15.9. The average Bonchev–Trinajstić information content (AvgIpc) is 2.98. The molecule has 0 radical (unpaired) electrons. The summed E-state index contributed by atoms with van der Waals surface area (Å²) in [6.07, 6.45) is 1.54. The van der Waals surface area contributed by atoms with Crippen molar-refractivity contribution in [3.8, 4) is 0 Å². The van der Waals surface area contributed by atoms with Gasteiger partial charge in [-0.2, -0.15) is 0 Å². The summed E-state index contributed by atoms with van der Waals surface area (Å²) in [5, 5.41) is 14.3. The summed E-state index contributed by atoms with van der Waals surface area (Å²) in [5.74, 6) is 0.640. The van der Waals surface area contributed by atoms with Crippen LogP contribution in [0, 0.1) is 13.8 Å². The minimum atomic E-state index is -0.845. The smallest absolute Gasteiger partial charge is 0.229 e. The number of aliphatic hydroxyl groups is 1. The largest absolute Gasteiger partial charge is 0.432 e. The van der Waals surface area contributed by atoms with Crippen molar-refractivity contribution in [2.75, 3.05) is 5.32 Å². The molecular formula is C21H22N4O2. The summed E-state index contributed by atoms with van der Waals surface area (Å²) < 4.78 is 5.97. The van der Waals surface area contributed by atoms with Crippen LogP contribution in [0.1, 0.15) is 36.2 Å². The van der Waals surface area contributed by atoms with Crippen molar-refractivity contribution in [2.45, 2.75) is 39.8 Å². The van der Waals surface area contributed by atoms with Crippen molar-refractivity contribution in [1.29, 1.82) is 0 Å². The van der Waals surface area contributed by atoms with Crippen molar-refractivity contribution in [3.05, 3.63) is 59.0 Å². The molecule has 0 atom stereocenters. The molecule has 4 aromatic rings. The van der Waals surface area contributed by atoms with Crippen molar-refractivity contribution >= 4 is 28.0 Å². The summed E-state index contributed by atoms with van der Waals surface area (Å²) >= 11 is 0. The molecule has 0 unspecified atom stereocenters. The monoisotopic (exact) mass is 362 g/mol. The minimum Gasteiger partial charge on any atom is -0.432 e. The van der Waals surface area contributed by atoms with Crippen molar-refractivity contribution < 1.29 is 9.52 Å². The zero-order valence-corrected chi connectivity index (χ0v) is 15.9. The molecule has 1 aromatic carbocycles. The van der Waals surface area contributed by atoms with Gasteiger partial charge in [0.05, 0.1) is 11.0 Å². The van der Waals surface area contributed by atoms with Crippen molar-refractivity contribution in [2.24, 2.45) is 0 Å². The molecule has 138 valence electrons. The highest BCUT2D eigenvalue weighted by molar-refractivity contribution is 6.05. The highest BCUT2D eigenvalue weighted by Crippen LogP contribution is 2.32. The molecule has 6 heteroatoms. The maximum atomic E-state index is 10.1. The lowest BCUT2D eigenvalue weighted by Gasteiger charge is -2.18. The van der Waals surface area contributed by atoms with Crippen LogP contribution in [0.4, 0.5) is 5.82 Å². The van der Waals surface area contributed by atoms with Gasteiger partial charge in [-0.05, 0) is 50.5 Å². The fourth-order valence-electron chi connectivity index (χ4n) is 3.25. The first-order chi connectivity index (χ1) is 12.8. The number of benzene rings is 1. The fraction of sp³-hybridized carbons (Fsp3) is 0.286. The third-order valence-electron chi connectivity index (χ3n) is 4.67. The van der Waals surface area contributed by atoms with E-state index in [0.717, 1.165) is 33.3 Å². The first-order valence-electron chi connectivity index (χ1n) is 8.90. The molecule has 0 saturated heterocycles. The van der Waals surface area contributed by atoms with Gasteiger partial charge in [0, 0.05) is 12.2 Å². The van der Waals surface area contributed by atoms with E-state index in [0.29, 0.717) is 23.7 Å². The third kappa shape index (κ3) is 3.24. The number of aromatic nitrogens is 3. The molecule has 2 N–H and O–H groups in total. The second kappa shape index (κ2) is 6.32. The van der Waals surface area contributed by atoms with Gasteiger partial charge < -0.3 is 14.8 Å². The maximum Gasteiger partial charge on any atom is 0.229 e. The molecule has 6 nitrogen and oxygen atoms in total. The highest BCUT2D eigenvalue weighted by Gasteiger charge is 2.17. The van der Waals surface area contributed by atoms with Crippen LogP contribution >= 0.6 is 0 Å². The highest BCUT2D eigenvalue weighted by atomic mass is 16.3. The van der Waals surface area contributed by atoms with E-state index in [2.05, 4.69) is 20.3 Å². The van der Waals surface area contributed by atoms with E-state index in [4.69, 9.17) is 4.42 Å². The minimum absolute atomic E-state index is 0.584. The number of anilines is 1. The lowest BCUT2D eigenvalue weighted by molar-refractivity contribution is 0.0786. The fourth-order valence-corrected chi connectivity index (χ4v) is 3.25. The maximum absolute atomic E-state index is 10.1. The van der Waals surface area contributed by atoms with Gasteiger partial charge in [0.1, 0.15) is 11.8 Å². The van der Waals surface area contributed by atoms with E-state index >= 15 is 0 Å². The van der Waals surface area contributed by atoms with Crippen LogP contribution in [-0.2, 0) is 12.1 Å². The first-order valence-corrected chi connectivity index (χ1v) is 8.90. The quantitative estimate of drug-likeness (QED) is 0.565. The molecular weight excluding hydrogens is 340 g/mol. The van der Waals surface area contributed by atoms with E-state index in [9.17, 15) is 5.11 Å². The van der Waals surface area contributed by atoms with Crippen LogP contribution in [0.3, 0.4) is 0 Å². The van der Waals surface area contributed by atoms with Crippen molar-refractivity contribution in [3.63, 3.8) is 0 Å². The average molecular weight is 362 g/mol. The number of aryl methyl sites for hydroxylation is 2. The Morgan fingerprint density at radius 2 is 1.85 bits per heavy atom. The van der Waals surface area contributed by atoms with E-state index in [1.807, 2.05) is 44.2 Å². The normalized spacial score (nSPS) is 12.0. The number of pyridine rings is 1. The predicted molar refractivity (Wildman–Crippen MR) is 106 cm³/mol. The molecule has 0 saturated carbocycles. The van der Waals surface area contributed by atoms with Crippen LogP contribution in [0.25, 0.3) is 22.2 Å². The second-order valence-electron chi connectivity index (χ2n) is 7.37. The van der Waals surface area contributed by atoms with E-state index in [-0.39, 0.29) is 0 Å². The molecule has 27 heavy (non-hydrogen) atoms. The van der Waals surface area contributed by atoms with Crippen molar-refractivity contribution in [1.82, 2.24) is 15.0 Å². The zero-order chi connectivity index (χ0) is 19.2. The molecule has 0 aliphatic carbocycles. The number of nitrogens with zero attached hydrogens (tertiary/aromatic N) is 3. The predicted octanol–water partition coefficient (Wildman–Crippen LogP) is 4.23. The van der Waals surface area contributed by atoms with Crippen LogP contribution in [0.2, 0.25) is 0 Å². The number of nitrogens with one attached hydrogen (secondary N) is 1. The van der Waals surface area contributed by atoms with Gasteiger partial charge >= 0.3 is 0 Å². The molecule has 4 rings (SSSR count). The number of hydrogen-bond donors (Lipinski definition) is 2. The Hall–Kier alpha value is -2.99. The van der Waals surface area contributed by atoms with E-state index in [1.54, 1.807) is 13.8 Å². The Labute approximate surface area is 157 Å². The second-order valence-corrected chi connectivity index (χ2v) is 7.37. The van der Waals surface area contributed by atoms with Crippen LogP contribution in [0.5, 0.6) is 0 Å². The summed E-state index contributed by atoms with van der Waals surface area (Å²) in [4.78, 5) is 13.2. The molecule has 0 spiro atoms. The summed E-state index contributed by atoms with van der Waals surface area (Å²) in [6.45, 7) is 8.11. The Balaban J connectivity index is 1.65. The molecule has 0 aliphatic rings. The third-order valence-corrected chi connectivity index (χ3v) is 4.67. The van der Waals surface area contributed by atoms with Crippen LogP contribution < -0.4 is 5.32 Å². The molecule has 3 heterocycles. The topological polar surface area (TPSA) is 84.1 Å². The standard InChI is InChI=1S/C21H22N4O2/c1-12-9-13(2)25-20-16(12)17-18(27-20)19(24-11-23-17)22-10-14-5-7-15(8-6-14)21(3,4)26/h5-9,11,26H,10H2,1-4H3,(H,22,23,24). The summed E-state index contributed by atoms with van der Waals surface area (Å²) in [6, 6.07) is 9.88. The molecule has 0 amide bonds. The Morgan fingerprint density at radius 3 is 2.56 bits per heavy atom. The van der Waals surface area contributed by atoms with Gasteiger partial charge in [0.25, 0.3) is 0 Å². The van der Waals surface area contributed by atoms with Crippen LogP contribution in [0.15, 0.2) is 41.1 Å². The summed E-state index contributed by atoms with van der Waals surface area (Å²) in [7, 11) is 0. The number of furan rings is 1. The lowest BCUT2D eigenvalue weighted by Crippen LogP contribution is -2.15. The Morgan fingerprint density at radius 1 is 1.11 bits per heavy atom. The van der Waals surface area contributed by atoms with Gasteiger partial charge in [0.2, 0.25) is 5.71 Å². The Bertz CT molecular complexity index is 1130. The number of rotatable bonds is 4. The van der Waals surface area contributed by atoms with E-state index in [1.165, 1.54) is 6.33 Å². The van der Waals surface area contributed by atoms with Gasteiger partial charge in [-0.3, -0.25) is 0 Å². The molecule has 0 aliphatic heterocycles. The number of hydrogen-bond acceptors (Lipinski definition) is 6.